The molecule has 0 saturated carbocycles. The molecular formula is C12H19NO3. The van der Waals surface area contributed by atoms with Gasteiger partial charge in [0.05, 0.1) is 0 Å². The van der Waals surface area contributed by atoms with Crippen LogP contribution in [0.15, 0.2) is 23.7 Å². The quantitative estimate of drug-likeness (QED) is 0.750. The van der Waals surface area contributed by atoms with E-state index in [0.717, 1.165) is 11.5 Å². The molecule has 2 rings (SSSR count). The molecule has 0 bridgehead atoms. The summed E-state index contributed by atoms with van der Waals surface area (Å²) in [6.45, 7) is 5.51. The zero-order chi connectivity index (χ0) is 11.6. The molecular weight excluding hydrogens is 206 g/mol. The zero-order valence-electron chi connectivity index (χ0n) is 9.82. The van der Waals surface area contributed by atoms with E-state index in [1.807, 2.05) is 12.2 Å². The fourth-order valence-corrected chi connectivity index (χ4v) is 1.80. The first-order valence-corrected chi connectivity index (χ1v) is 5.70. The first kappa shape index (κ1) is 11.5. The molecule has 0 radical (unpaired) electrons. The molecule has 2 heterocycles. The van der Waals surface area contributed by atoms with Crippen molar-refractivity contribution >= 4 is 0 Å². The molecule has 90 valence electrons. The fraction of sp³-hybridized carbons (Fsp3) is 0.667. The number of hydrogen-bond donors (Lipinski definition) is 2. The average Bonchev–Trinajstić information content (AvgIpc) is 2.26. The lowest BCUT2D eigenvalue weighted by Crippen LogP contribution is -2.48. The Bertz CT molecular complexity index is 322. The molecule has 0 aliphatic carbocycles. The van der Waals surface area contributed by atoms with Gasteiger partial charge in [-0.2, -0.15) is 0 Å². The summed E-state index contributed by atoms with van der Waals surface area (Å²) in [5.41, 5.74) is -0.853. The second kappa shape index (κ2) is 4.47. The second-order valence-electron chi connectivity index (χ2n) is 4.73. The number of aliphatic hydroxyl groups is 1. The van der Waals surface area contributed by atoms with Crippen molar-refractivity contribution in [3.05, 3.63) is 23.7 Å². The van der Waals surface area contributed by atoms with Gasteiger partial charge in [-0.1, -0.05) is 13.8 Å². The Morgan fingerprint density at radius 2 is 2.31 bits per heavy atom. The van der Waals surface area contributed by atoms with Gasteiger partial charge in [0, 0.05) is 19.0 Å². The van der Waals surface area contributed by atoms with Gasteiger partial charge in [-0.05, 0) is 12.2 Å². The Morgan fingerprint density at radius 3 is 3.06 bits per heavy atom. The molecule has 0 saturated heterocycles. The second-order valence-corrected chi connectivity index (χ2v) is 4.73. The van der Waals surface area contributed by atoms with E-state index in [2.05, 4.69) is 19.2 Å². The van der Waals surface area contributed by atoms with E-state index in [9.17, 15) is 5.11 Å². The predicted octanol–water partition coefficient (Wildman–Crippen LogP) is 0.934. The van der Waals surface area contributed by atoms with Crippen LogP contribution in [-0.2, 0) is 9.47 Å². The van der Waals surface area contributed by atoms with Crippen LogP contribution in [0.5, 0.6) is 0 Å². The molecule has 0 aromatic carbocycles. The number of rotatable bonds is 3. The van der Waals surface area contributed by atoms with E-state index in [-0.39, 0.29) is 0 Å². The minimum Gasteiger partial charge on any atom is -0.490 e. The van der Waals surface area contributed by atoms with Crippen molar-refractivity contribution in [3.63, 3.8) is 0 Å². The molecule has 0 spiro atoms. The van der Waals surface area contributed by atoms with Crippen molar-refractivity contribution in [2.45, 2.75) is 31.9 Å². The summed E-state index contributed by atoms with van der Waals surface area (Å²) in [5.74, 6) is 1.53. The molecule has 4 heteroatoms. The summed E-state index contributed by atoms with van der Waals surface area (Å²) in [4.78, 5) is 0. The minimum atomic E-state index is -0.853. The normalized spacial score (nSPS) is 28.8. The lowest BCUT2D eigenvalue weighted by molar-refractivity contribution is -0.0566. The van der Waals surface area contributed by atoms with Crippen LogP contribution in [0.4, 0.5) is 0 Å². The molecule has 0 aromatic heterocycles. The van der Waals surface area contributed by atoms with E-state index in [1.54, 1.807) is 0 Å². The Hall–Kier alpha value is -1.00. The maximum atomic E-state index is 10.3. The van der Waals surface area contributed by atoms with E-state index < -0.39 is 5.60 Å². The standard InChI is InChI=1S/C12H19NO3/c1-9(2)13-7-12(14)6-11-10(16-8-12)4-3-5-15-11/h3-4,9,13-14H,5-8H2,1-2H3. The zero-order valence-corrected chi connectivity index (χ0v) is 9.82. The van der Waals surface area contributed by atoms with E-state index in [4.69, 9.17) is 9.47 Å². The Balaban J connectivity index is 1.99. The van der Waals surface area contributed by atoms with Crippen molar-refractivity contribution in [3.8, 4) is 0 Å². The summed E-state index contributed by atoms with van der Waals surface area (Å²) < 4.78 is 11.0. The summed E-state index contributed by atoms with van der Waals surface area (Å²) in [7, 11) is 0. The molecule has 0 amide bonds. The molecule has 1 atom stereocenters. The molecule has 16 heavy (non-hydrogen) atoms. The highest BCUT2D eigenvalue weighted by Gasteiger charge is 2.36. The SMILES string of the molecule is CC(C)NCC1(O)COC2=C(C1)OCC=C2. The molecule has 4 nitrogen and oxygen atoms in total. The molecule has 0 aromatic rings. The van der Waals surface area contributed by atoms with E-state index in [0.29, 0.717) is 32.2 Å². The third-order valence-corrected chi connectivity index (χ3v) is 2.72. The fourth-order valence-electron chi connectivity index (χ4n) is 1.80. The van der Waals surface area contributed by atoms with E-state index in [1.165, 1.54) is 0 Å². The third kappa shape index (κ3) is 2.57. The average molecular weight is 225 g/mol. The van der Waals surface area contributed by atoms with Crippen molar-refractivity contribution < 1.29 is 14.6 Å². The highest BCUT2D eigenvalue weighted by atomic mass is 16.5. The van der Waals surface area contributed by atoms with Crippen LogP contribution >= 0.6 is 0 Å². The maximum absolute atomic E-state index is 10.3. The summed E-state index contributed by atoms with van der Waals surface area (Å²) in [5, 5.41) is 13.6. The van der Waals surface area contributed by atoms with Crippen LogP contribution in [0.3, 0.4) is 0 Å². The third-order valence-electron chi connectivity index (χ3n) is 2.72. The van der Waals surface area contributed by atoms with Crippen molar-refractivity contribution in [1.29, 1.82) is 0 Å². The summed E-state index contributed by atoms with van der Waals surface area (Å²) in [6, 6.07) is 0.353. The number of ether oxygens (including phenoxy) is 2. The van der Waals surface area contributed by atoms with Crippen LogP contribution in [0.1, 0.15) is 20.3 Å². The molecule has 1 unspecified atom stereocenters. The topological polar surface area (TPSA) is 50.7 Å². The molecule has 2 aliphatic heterocycles. The highest BCUT2D eigenvalue weighted by molar-refractivity contribution is 5.23. The van der Waals surface area contributed by atoms with Crippen molar-refractivity contribution in [2.24, 2.45) is 0 Å². The molecule has 2 N–H and O–H groups in total. The number of hydrogen-bond acceptors (Lipinski definition) is 4. The van der Waals surface area contributed by atoms with E-state index >= 15 is 0 Å². The number of nitrogens with one attached hydrogen (secondary N) is 1. The highest BCUT2D eigenvalue weighted by Crippen LogP contribution is 2.30. The Labute approximate surface area is 95.9 Å². The van der Waals surface area contributed by atoms with Gasteiger partial charge in [0.2, 0.25) is 0 Å². The summed E-state index contributed by atoms with van der Waals surface area (Å²) >= 11 is 0. The van der Waals surface area contributed by atoms with Crippen LogP contribution in [0, 0.1) is 0 Å². The van der Waals surface area contributed by atoms with Gasteiger partial charge in [-0.3, -0.25) is 0 Å². The van der Waals surface area contributed by atoms with Crippen molar-refractivity contribution in [2.75, 3.05) is 19.8 Å². The molecule has 0 fully saturated rings. The van der Waals surface area contributed by atoms with Crippen LogP contribution in [0.2, 0.25) is 0 Å². The van der Waals surface area contributed by atoms with Gasteiger partial charge in [-0.25, -0.2) is 0 Å². The van der Waals surface area contributed by atoms with Gasteiger partial charge in [0.1, 0.15) is 24.6 Å². The van der Waals surface area contributed by atoms with Gasteiger partial charge in [0.25, 0.3) is 0 Å². The van der Waals surface area contributed by atoms with Crippen molar-refractivity contribution in [1.82, 2.24) is 5.32 Å². The van der Waals surface area contributed by atoms with Crippen LogP contribution in [0.25, 0.3) is 0 Å². The maximum Gasteiger partial charge on any atom is 0.156 e. The van der Waals surface area contributed by atoms with Gasteiger partial charge in [0.15, 0.2) is 5.76 Å². The summed E-state index contributed by atoms with van der Waals surface area (Å²) in [6.07, 6.45) is 4.34. The minimum absolute atomic E-state index is 0.319. The van der Waals surface area contributed by atoms with Gasteiger partial charge >= 0.3 is 0 Å². The first-order valence-electron chi connectivity index (χ1n) is 5.70. The first-order chi connectivity index (χ1) is 7.59. The number of allylic oxidation sites excluding steroid dienone is 1. The van der Waals surface area contributed by atoms with Crippen LogP contribution in [-0.4, -0.2) is 36.5 Å². The molecule has 2 aliphatic rings. The monoisotopic (exact) mass is 225 g/mol. The Morgan fingerprint density at radius 1 is 1.50 bits per heavy atom. The predicted molar refractivity (Wildman–Crippen MR) is 60.8 cm³/mol. The van der Waals surface area contributed by atoms with Gasteiger partial charge < -0.3 is 19.9 Å². The smallest absolute Gasteiger partial charge is 0.156 e. The van der Waals surface area contributed by atoms with Crippen LogP contribution < -0.4 is 5.32 Å². The van der Waals surface area contributed by atoms with Gasteiger partial charge in [-0.15, -0.1) is 0 Å². The Kier molecular flexibility index (Phi) is 3.21. The lowest BCUT2D eigenvalue weighted by Gasteiger charge is -2.35. The lowest BCUT2D eigenvalue weighted by atomic mass is 9.96. The largest absolute Gasteiger partial charge is 0.490 e.